The number of hydrogen-bond acceptors (Lipinski definition) is 2. The molecule has 0 aliphatic heterocycles. The Bertz CT molecular complexity index is 288. The first-order valence-corrected chi connectivity index (χ1v) is 4.74. The number of thioether (sulfide) groups is 1. The molecule has 1 unspecified atom stereocenters. The summed E-state index contributed by atoms with van der Waals surface area (Å²) in [5.74, 6) is -0.267. The van der Waals surface area contributed by atoms with Crippen molar-refractivity contribution in [1.29, 1.82) is 5.26 Å². The van der Waals surface area contributed by atoms with Crippen molar-refractivity contribution in [1.82, 2.24) is 0 Å². The smallest absolute Gasteiger partial charge is 0.123 e. The summed E-state index contributed by atoms with van der Waals surface area (Å²) in [6.07, 6.45) is 1.86. The van der Waals surface area contributed by atoms with Crippen LogP contribution in [0.5, 0.6) is 0 Å². The first-order chi connectivity index (χ1) is 5.77. The normalized spacial score (nSPS) is 12.1. The molecule has 1 aromatic carbocycles. The average molecular weight is 181 g/mol. The van der Waals surface area contributed by atoms with E-state index >= 15 is 0 Å². The van der Waals surface area contributed by atoms with Gasteiger partial charge in [0.2, 0.25) is 0 Å². The summed E-state index contributed by atoms with van der Waals surface area (Å²) in [4.78, 5) is 0. The Hall–Kier alpha value is -1.01. The van der Waals surface area contributed by atoms with Gasteiger partial charge in [0.05, 0.1) is 6.07 Å². The fraction of sp³-hybridized carbons (Fsp3) is 0.222. The molecule has 0 aromatic heterocycles. The van der Waals surface area contributed by atoms with Gasteiger partial charge in [-0.1, -0.05) is 12.1 Å². The Morgan fingerprint density at radius 1 is 1.42 bits per heavy atom. The van der Waals surface area contributed by atoms with Crippen LogP contribution in [0.4, 0.5) is 4.39 Å². The van der Waals surface area contributed by atoms with Crippen LogP contribution in [0.2, 0.25) is 0 Å². The van der Waals surface area contributed by atoms with Gasteiger partial charge in [-0.15, -0.1) is 11.8 Å². The molecular weight excluding hydrogens is 173 g/mol. The van der Waals surface area contributed by atoms with Gasteiger partial charge in [-0.05, 0) is 24.0 Å². The molecule has 1 nitrogen and oxygen atoms in total. The lowest BCUT2D eigenvalue weighted by molar-refractivity contribution is 0.627. The highest BCUT2D eigenvalue weighted by Crippen LogP contribution is 2.25. The Morgan fingerprint density at radius 2 is 2.00 bits per heavy atom. The predicted molar refractivity (Wildman–Crippen MR) is 48.3 cm³/mol. The van der Waals surface area contributed by atoms with Gasteiger partial charge in [0.1, 0.15) is 11.1 Å². The molecule has 0 bridgehead atoms. The van der Waals surface area contributed by atoms with Crippen LogP contribution < -0.4 is 0 Å². The zero-order valence-corrected chi connectivity index (χ0v) is 7.44. The van der Waals surface area contributed by atoms with E-state index in [2.05, 4.69) is 6.07 Å². The number of rotatable bonds is 2. The molecule has 0 N–H and O–H groups in total. The van der Waals surface area contributed by atoms with Gasteiger partial charge >= 0.3 is 0 Å². The number of nitriles is 1. The molecule has 62 valence electrons. The minimum absolute atomic E-state index is 0.189. The van der Waals surface area contributed by atoms with E-state index in [4.69, 9.17) is 5.26 Å². The molecule has 1 aromatic rings. The average Bonchev–Trinajstić information content (AvgIpc) is 2.10. The Kier molecular flexibility index (Phi) is 3.12. The largest absolute Gasteiger partial charge is 0.207 e. The van der Waals surface area contributed by atoms with E-state index in [0.717, 1.165) is 5.56 Å². The van der Waals surface area contributed by atoms with Crippen LogP contribution in [0.3, 0.4) is 0 Å². The van der Waals surface area contributed by atoms with Gasteiger partial charge in [-0.3, -0.25) is 0 Å². The molecule has 0 fully saturated rings. The van der Waals surface area contributed by atoms with Gasteiger partial charge in [0, 0.05) is 0 Å². The van der Waals surface area contributed by atoms with E-state index in [-0.39, 0.29) is 11.1 Å². The van der Waals surface area contributed by atoms with Crippen LogP contribution in [0.15, 0.2) is 24.3 Å². The summed E-state index contributed by atoms with van der Waals surface area (Å²) in [6.45, 7) is 0. The van der Waals surface area contributed by atoms with E-state index in [9.17, 15) is 4.39 Å². The summed E-state index contributed by atoms with van der Waals surface area (Å²) in [7, 11) is 0. The molecule has 3 heteroatoms. The monoisotopic (exact) mass is 181 g/mol. The van der Waals surface area contributed by atoms with Gasteiger partial charge in [0.25, 0.3) is 0 Å². The molecule has 0 aliphatic carbocycles. The lowest BCUT2D eigenvalue weighted by atomic mass is 10.2. The minimum atomic E-state index is -0.267. The van der Waals surface area contributed by atoms with E-state index in [0.29, 0.717) is 0 Å². The van der Waals surface area contributed by atoms with Crippen LogP contribution in [0.25, 0.3) is 0 Å². The summed E-state index contributed by atoms with van der Waals surface area (Å²) in [5.41, 5.74) is 0.853. The maximum Gasteiger partial charge on any atom is 0.123 e. The SMILES string of the molecule is CSC(C#N)c1ccc(F)cc1. The van der Waals surface area contributed by atoms with Crippen LogP contribution in [0, 0.1) is 17.1 Å². The quantitative estimate of drug-likeness (QED) is 0.700. The highest BCUT2D eigenvalue weighted by atomic mass is 32.2. The standard InChI is InChI=1S/C9H8FNS/c1-12-9(6-11)7-2-4-8(10)5-3-7/h2-5,9H,1H3. The Balaban J connectivity index is 2.89. The third-order valence-corrected chi connectivity index (χ3v) is 2.37. The fourth-order valence-electron chi connectivity index (χ4n) is 0.901. The van der Waals surface area contributed by atoms with E-state index in [1.807, 2.05) is 6.26 Å². The lowest BCUT2D eigenvalue weighted by Gasteiger charge is -2.04. The Morgan fingerprint density at radius 3 is 2.42 bits per heavy atom. The zero-order chi connectivity index (χ0) is 8.97. The first kappa shape index (κ1) is 9.08. The first-order valence-electron chi connectivity index (χ1n) is 3.46. The molecular formula is C9H8FNS. The molecule has 1 rings (SSSR count). The van der Waals surface area contributed by atoms with Gasteiger partial charge in [-0.2, -0.15) is 5.26 Å². The number of hydrogen-bond donors (Lipinski definition) is 0. The predicted octanol–water partition coefficient (Wildman–Crippen LogP) is 2.75. The van der Waals surface area contributed by atoms with Gasteiger partial charge in [0.15, 0.2) is 0 Å². The summed E-state index contributed by atoms with van der Waals surface area (Å²) in [6, 6.07) is 8.15. The second-order valence-corrected chi connectivity index (χ2v) is 3.24. The van der Waals surface area contributed by atoms with Gasteiger partial charge < -0.3 is 0 Å². The minimum Gasteiger partial charge on any atom is -0.207 e. The molecule has 0 amide bonds. The van der Waals surface area contributed by atoms with Crippen LogP contribution in [0.1, 0.15) is 10.8 Å². The number of halogens is 1. The van der Waals surface area contributed by atoms with Crippen molar-refractivity contribution in [3.8, 4) is 6.07 Å². The van der Waals surface area contributed by atoms with Crippen molar-refractivity contribution in [2.24, 2.45) is 0 Å². The molecule has 0 saturated heterocycles. The van der Waals surface area contributed by atoms with Gasteiger partial charge in [-0.25, -0.2) is 4.39 Å². The maximum atomic E-state index is 12.5. The van der Waals surface area contributed by atoms with Crippen molar-refractivity contribution in [3.05, 3.63) is 35.6 Å². The second-order valence-electron chi connectivity index (χ2n) is 2.30. The molecule has 0 radical (unpaired) electrons. The van der Waals surface area contributed by atoms with E-state index < -0.39 is 0 Å². The highest BCUT2D eigenvalue weighted by Gasteiger charge is 2.07. The van der Waals surface area contributed by atoms with Crippen molar-refractivity contribution in [2.45, 2.75) is 5.25 Å². The fourth-order valence-corrected chi connectivity index (χ4v) is 1.44. The second kappa shape index (κ2) is 4.13. The van der Waals surface area contributed by atoms with Crippen LogP contribution in [-0.2, 0) is 0 Å². The third-order valence-electron chi connectivity index (χ3n) is 1.53. The summed E-state index contributed by atoms with van der Waals surface area (Å²) in [5, 5.41) is 8.49. The molecule has 1 atom stereocenters. The molecule has 12 heavy (non-hydrogen) atoms. The number of nitrogens with zero attached hydrogens (tertiary/aromatic N) is 1. The van der Waals surface area contributed by atoms with Crippen molar-refractivity contribution in [3.63, 3.8) is 0 Å². The molecule has 0 spiro atoms. The lowest BCUT2D eigenvalue weighted by Crippen LogP contribution is -1.88. The Labute approximate surface area is 75.2 Å². The third kappa shape index (κ3) is 1.99. The summed E-state index contributed by atoms with van der Waals surface area (Å²) >= 11 is 1.45. The molecule has 0 aliphatic rings. The van der Waals surface area contributed by atoms with Crippen molar-refractivity contribution < 1.29 is 4.39 Å². The molecule has 0 saturated carbocycles. The summed E-state index contributed by atoms with van der Waals surface area (Å²) < 4.78 is 12.5. The van der Waals surface area contributed by atoms with Crippen molar-refractivity contribution in [2.75, 3.05) is 6.26 Å². The van der Waals surface area contributed by atoms with E-state index in [1.165, 1.54) is 23.9 Å². The molecule has 0 heterocycles. The zero-order valence-electron chi connectivity index (χ0n) is 6.62. The highest BCUT2D eigenvalue weighted by molar-refractivity contribution is 7.99. The van der Waals surface area contributed by atoms with Crippen LogP contribution >= 0.6 is 11.8 Å². The van der Waals surface area contributed by atoms with E-state index in [1.54, 1.807) is 12.1 Å². The number of benzene rings is 1. The van der Waals surface area contributed by atoms with Crippen molar-refractivity contribution >= 4 is 11.8 Å². The maximum absolute atomic E-state index is 12.5. The topological polar surface area (TPSA) is 23.8 Å². The van der Waals surface area contributed by atoms with Crippen LogP contribution in [-0.4, -0.2) is 6.26 Å².